The smallest absolute Gasteiger partial charge is 0.268 e. The molecule has 0 saturated carbocycles. The number of amides is 1. The summed E-state index contributed by atoms with van der Waals surface area (Å²) in [6, 6.07) is 21.6. The van der Waals surface area contributed by atoms with Crippen LogP contribution in [0.15, 0.2) is 89.8 Å². The highest BCUT2D eigenvalue weighted by Gasteiger charge is 2.29. The SMILES string of the molecule is Cc1ccc(S(=O)(=O)N(C(=O)/C=C/c2ccc(Cl)cc2)c2ccccc2)cc1. The number of hydrogen-bond acceptors (Lipinski definition) is 3. The molecule has 1 amide bonds. The number of hydrogen-bond donors (Lipinski definition) is 0. The Hall–Kier alpha value is -2.89. The van der Waals surface area contributed by atoms with E-state index >= 15 is 0 Å². The number of carbonyl (C=O) groups is 1. The fourth-order valence-corrected chi connectivity index (χ4v) is 4.09. The summed E-state index contributed by atoms with van der Waals surface area (Å²) in [7, 11) is -4.07. The zero-order valence-electron chi connectivity index (χ0n) is 15.1. The van der Waals surface area contributed by atoms with Crippen molar-refractivity contribution < 1.29 is 13.2 Å². The first-order valence-corrected chi connectivity index (χ1v) is 10.3. The van der Waals surface area contributed by atoms with Gasteiger partial charge in [-0.3, -0.25) is 4.79 Å². The minimum atomic E-state index is -4.07. The minimum absolute atomic E-state index is 0.0511. The van der Waals surface area contributed by atoms with E-state index in [1.807, 2.05) is 6.92 Å². The van der Waals surface area contributed by atoms with Crippen molar-refractivity contribution in [2.24, 2.45) is 0 Å². The number of nitrogens with zero attached hydrogens (tertiary/aromatic N) is 1. The van der Waals surface area contributed by atoms with E-state index in [0.717, 1.165) is 15.4 Å². The lowest BCUT2D eigenvalue weighted by molar-refractivity contribution is -0.113. The average Bonchev–Trinajstić information content (AvgIpc) is 2.69. The van der Waals surface area contributed by atoms with Gasteiger partial charge in [0, 0.05) is 11.1 Å². The number of carbonyl (C=O) groups excluding carboxylic acids is 1. The predicted octanol–water partition coefficient (Wildman–Crippen LogP) is 5.08. The Morgan fingerprint density at radius 1 is 0.893 bits per heavy atom. The Bertz CT molecular complexity index is 1090. The molecule has 0 aromatic heterocycles. The van der Waals surface area contributed by atoms with E-state index in [1.54, 1.807) is 72.8 Å². The molecular weight excluding hydrogens is 394 g/mol. The fraction of sp³-hybridized carbons (Fsp3) is 0.0455. The molecule has 0 saturated heterocycles. The summed E-state index contributed by atoms with van der Waals surface area (Å²) < 4.78 is 27.2. The van der Waals surface area contributed by atoms with Crippen LogP contribution in [0.4, 0.5) is 5.69 Å². The molecule has 0 unspecified atom stereocenters. The van der Waals surface area contributed by atoms with Crippen molar-refractivity contribution in [1.82, 2.24) is 0 Å². The summed E-state index contributed by atoms with van der Waals surface area (Å²) in [6.45, 7) is 1.87. The van der Waals surface area contributed by atoms with Crippen LogP contribution in [0, 0.1) is 6.92 Å². The second-order valence-corrected chi connectivity index (χ2v) is 8.36. The van der Waals surface area contributed by atoms with Gasteiger partial charge in [-0.2, -0.15) is 4.31 Å². The number of para-hydroxylation sites is 1. The summed E-state index contributed by atoms with van der Waals surface area (Å²) >= 11 is 5.87. The second-order valence-electron chi connectivity index (χ2n) is 6.14. The molecule has 142 valence electrons. The van der Waals surface area contributed by atoms with E-state index in [1.165, 1.54) is 18.2 Å². The topological polar surface area (TPSA) is 54.5 Å². The molecule has 0 aliphatic carbocycles. The van der Waals surface area contributed by atoms with Gasteiger partial charge in [0.05, 0.1) is 10.6 Å². The van der Waals surface area contributed by atoms with Crippen molar-refractivity contribution in [2.75, 3.05) is 4.31 Å². The predicted molar refractivity (Wildman–Crippen MR) is 113 cm³/mol. The molecule has 3 aromatic rings. The van der Waals surface area contributed by atoms with Crippen LogP contribution in [0.5, 0.6) is 0 Å². The third kappa shape index (κ3) is 4.50. The molecule has 28 heavy (non-hydrogen) atoms. The molecule has 0 aliphatic heterocycles. The van der Waals surface area contributed by atoms with Crippen LogP contribution in [0.2, 0.25) is 5.02 Å². The van der Waals surface area contributed by atoms with Crippen molar-refractivity contribution in [1.29, 1.82) is 0 Å². The summed E-state index contributed by atoms with van der Waals surface area (Å²) in [5, 5.41) is 0.580. The summed E-state index contributed by atoms with van der Waals surface area (Å²) in [6.07, 6.45) is 2.79. The Morgan fingerprint density at radius 3 is 2.11 bits per heavy atom. The van der Waals surface area contributed by atoms with Crippen LogP contribution >= 0.6 is 11.6 Å². The van der Waals surface area contributed by atoms with Gasteiger partial charge < -0.3 is 0 Å². The normalized spacial score (nSPS) is 11.5. The van der Waals surface area contributed by atoms with Crippen molar-refractivity contribution >= 4 is 39.3 Å². The van der Waals surface area contributed by atoms with E-state index < -0.39 is 15.9 Å². The average molecular weight is 412 g/mol. The maximum absolute atomic E-state index is 13.2. The summed E-state index contributed by atoms with van der Waals surface area (Å²) in [5.74, 6) is -0.665. The molecule has 0 radical (unpaired) electrons. The molecule has 0 spiro atoms. The molecule has 0 aliphatic rings. The number of rotatable bonds is 5. The number of benzene rings is 3. The Labute approximate surface area is 169 Å². The van der Waals surface area contributed by atoms with Crippen LogP contribution in [0.1, 0.15) is 11.1 Å². The van der Waals surface area contributed by atoms with Gasteiger partial charge in [-0.1, -0.05) is 59.6 Å². The van der Waals surface area contributed by atoms with Gasteiger partial charge in [-0.15, -0.1) is 0 Å². The lowest BCUT2D eigenvalue weighted by atomic mass is 10.2. The van der Waals surface area contributed by atoms with Crippen molar-refractivity contribution in [2.45, 2.75) is 11.8 Å². The van der Waals surface area contributed by atoms with Gasteiger partial charge in [0.2, 0.25) is 0 Å². The largest absolute Gasteiger partial charge is 0.271 e. The molecular formula is C22H18ClNO3S. The second kappa shape index (κ2) is 8.42. The lowest BCUT2D eigenvalue weighted by Gasteiger charge is -2.21. The number of anilines is 1. The van der Waals surface area contributed by atoms with Gasteiger partial charge in [0.1, 0.15) is 0 Å². The Morgan fingerprint density at radius 2 is 1.50 bits per heavy atom. The third-order valence-corrected chi connectivity index (χ3v) is 6.03. The zero-order valence-corrected chi connectivity index (χ0v) is 16.7. The third-order valence-electron chi connectivity index (χ3n) is 4.04. The zero-order chi connectivity index (χ0) is 20.1. The summed E-state index contributed by atoms with van der Waals surface area (Å²) in [4.78, 5) is 13.0. The Kier molecular flexibility index (Phi) is 5.97. The van der Waals surface area contributed by atoms with Gasteiger partial charge in [-0.05, 0) is 55.0 Å². The van der Waals surface area contributed by atoms with Gasteiger partial charge in [0.25, 0.3) is 15.9 Å². The van der Waals surface area contributed by atoms with Gasteiger partial charge in [0.15, 0.2) is 0 Å². The summed E-state index contributed by atoms with van der Waals surface area (Å²) in [5.41, 5.74) is 1.94. The van der Waals surface area contributed by atoms with Crippen molar-refractivity contribution in [3.8, 4) is 0 Å². The molecule has 0 fully saturated rings. The fourth-order valence-electron chi connectivity index (χ4n) is 2.57. The van der Waals surface area contributed by atoms with Crippen molar-refractivity contribution in [3.63, 3.8) is 0 Å². The first kappa shape index (κ1) is 19.9. The molecule has 3 rings (SSSR count). The van der Waals surface area contributed by atoms with Crippen LogP contribution in [0.25, 0.3) is 6.08 Å². The highest BCUT2D eigenvalue weighted by Crippen LogP contribution is 2.24. The molecule has 3 aromatic carbocycles. The van der Waals surface area contributed by atoms with Crippen LogP contribution < -0.4 is 4.31 Å². The monoisotopic (exact) mass is 411 g/mol. The number of halogens is 1. The van der Waals surface area contributed by atoms with Crippen LogP contribution in [0.3, 0.4) is 0 Å². The van der Waals surface area contributed by atoms with E-state index in [0.29, 0.717) is 5.02 Å². The quantitative estimate of drug-likeness (QED) is 0.550. The maximum Gasteiger partial charge on any atom is 0.271 e. The lowest BCUT2D eigenvalue weighted by Crippen LogP contribution is -2.35. The highest BCUT2D eigenvalue weighted by atomic mass is 35.5. The maximum atomic E-state index is 13.2. The van der Waals surface area contributed by atoms with Crippen molar-refractivity contribution in [3.05, 3.63) is 101 Å². The van der Waals surface area contributed by atoms with Crippen LogP contribution in [-0.2, 0) is 14.8 Å². The first-order valence-electron chi connectivity index (χ1n) is 8.52. The van der Waals surface area contributed by atoms with Gasteiger partial charge in [-0.25, -0.2) is 8.42 Å². The standard InChI is InChI=1S/C22H18ClNO3S/c1-17-7-14-21(15-8-17)28(26,27)24(20-5-3-2-4-6-20)22(25)16-11-18-9-12-19(23)13-10-18/h2-16H,1H3/b16-11+. The number of aryl methyl sites for hydroxylation is 1. The van der Waals surface area contributed by atoms with E-state index in [9.17, 15) is 13.2 Å². The first-order chi connectivity index (χ1) is 13.4. The van der Waals surface area contributed by atoms with E-state index in [4.69, 9.17) is 11.6 Å². The van der Waals surface area contributed by atoms with Crippen LogP contribution in [-0.4, -0.2) is 14.3 Å². The molecule has 6 heteroatoms. The van der Waals surface area contributed by atoms with E-state index in [2.05, 4.69) is 0 Å². The minimum Gasteiger partial charge on any atom is -0.268 e. The Balaban J connectivity index is 2.01. The highest BCUT2D eigenvalue weighted by molar-refractivity contribution is 7.93. The molecule has 4 nitrogen and oxygen atoms in total. The molecule has 0 heterocycles. The molecule has 0 N–H and O–H groups in total. The van der Waals surface area contributed by atoms with E-state index in [-0.39, 0.29) is 10.6 Å². The van der Waals surface area contributed by atoms with Gasteiger partial charge >= 0.3 is 0 Å². The number of sulfonamides is 1. The molecule has 0 bridgehead atoms. The molecule has 0 atom stereocenters.